The van der Waals surface area contributed by atoms with Crippen LogP contribution >= 0.6 is 0 Å². The van der Waals surface area contributed by atoms with Crippen molar-refractivity contribution in [1.82, 2.24) is 10.1 Å². The van der Waals surface area contributed by atoms with Crippen LogP contribution in [0.2, 0.25) is 0 Å². The molecule has 1 unspecified atom stereocenters. The third-order valence-corrected chi connectivity index (χ3v) is 3.74. The highest BCUT2D eigenvalue weighted by molar-refractivity contribution is 5.82. The van der Waals surface area contributed by atoms with Gasteiger partial charge in [-0.15, -0.1) is 0 Å². The largest absolute Gasteiger partial charge is 0.373 e. The Hall–Kier alpha value is -1.23. The van der Waals surface area contributed by atoms with Crippen LogP contribution in [0.25, 0.3) is 0 Å². The normalized spacial score (nSPS) is 17.8. The van der Waals surface area contributed by atoms with Crippen LogP contribution in [0, 0.1) is 5.92 Å². The minimum absolute atomic E-state index is 0.135. The molecular weight excluding hydrogens is 244 g/mol. The molecule has 0 amide bonds. The second kappa shape index (κ2) is 6.80. The maximum atomic E-state index is 12.0. The van der Waals surface area contributed by atoms with Crippen molar-refractivity contribution in [2.75, 3.05) is 7.11 Å². The van der Waals surface area contributed by atoms with Gasteiger partial charge in [-0.25, -0.2) is 0 Å². The van der Waals surface area contributed by atoms with Gasteiger partial charge >= 0.3 is 0 Å². The molecule has 1 aliphatic carbocycles. The van der Waals surface area contributed by atoms with Gasteiger partial charge in [0.15, 0.2) is 0 Å². The molecule has 1 heterocycles. The Balaban J connectivity index is 1.94. The van der Waals surface area contributed by atoms with Crippen LogP contribution in [-0.2, 0) is 16.0 Å². The van der Waals surface area contributed by atoms with Crippen LogP contribution in [0.15, 0.2) is 4.52 Å². The number of rotatable bonds is 7. The molecule has 0 spiro atoms. The number of ketones is 1. The van der Waals surface area contributed by atoms with E-state index in [-0.39, 0.29) is 24.2 Å². The highest BCUT2D eigenvalue weighted by atomic mass is 16.5. The molecule has 0 bridgehead atoms. The Kier molecular flexibility index (Phi) is 5.07. The number of nitrogens with zero attached hydrogens (tertiary/aromatic N) is 2. The zero-order valence-corrected chi connectivity index (χ0v) is 11.7. The number of carbonyl (C=O) groups is 1. The first-order valence-electron chi connectivity index (χ1n) is 7.12. The summed E-state index contributed by atoms with van der Waals surface area (Å²) in [7, 11) is 1.64. The maximum absolute atomic E-state index is 12.0. The van der Waals surface area contributed by atoms with Gasteiger partial charge in [0.2, 0.25) is 11.7 Å². The first-order chi connectivity index (χ1) is 9.24. The number of aromatic nitrogens is 2. The smallest absolute Gasteiger partial charge is 0.234 e. The first kappa shape index (κ1) is 14.2. The fraction of sp³-hybridized carbons (Fsp3) is 0.786. The van der Waals surface area contributed by atoms with Gasteiger partial charge in [0.05, 0.1) is 6.42 Å². The molecule has 1 atom stereocenters. The minimum atomic E-state index is -0.135. The summed E-state index contributed by atoms with van der Waals surface area (Å²) < 4.78 is 10.5. The summed E-state index contributed by atoms with van der Waals surface area (Å²) in [4.78, 5) is 16.3. The highest BCUT2D eigenvalue weighted by Gasteiger charge is 2.25. The maximum Gasteiger partial charge on any atom is 0.234 e. The lowest BCUT2D eigenvalue weighted by Gasteiger charge is -2.08. The lowest BCUT2D eigenvalue weighted by atomic mass is 10.0. The summed E-state index contributed by atoms with van der Waals surface area (Å²) in [6, 6.07) is 0. The molecular formula is C14H22N2O3. The number of hydrogen-bond acceptors (Lipinski definition) is 5. The Bertz CT molecular complexity index is 411. The molecule has 0 aliphatic heterocycles. The van der Waals surface area contributed by atoms with E-state index in [0.29, 0.717) is 11.7 Å². The predicted molar refractivity (Wildman–Crippen MR) is 69.6 cm³/mol. The van der Waals surface area contributed by atoms with Crippen LogP contribution in [0.4, 0.5) is 0 Å². The molecule has 5 nitrogen and oxygen atoms in total. The third-order valence-electron chi connectivity index (χ3n) is 3.74. The van der Waals surface area contributed by atoms with E-state index in [9.17, 15) is 4.79 Å². The molecule has 1 saturated carbocycles. The molecule has 19 heavy (non-hydrogen) atoms. The number of carbonyl (C=O) groups excluding carboxylic acids is 1. The average Bonchev–Trinajstić information content (AvgIpc) is 3.06. The highest BCUT2D eigenvalue weighted by Crippen LogP contribution is 2.26. The molecule has 1 aliphatic rings. The molecule has 106 valence electrons. The van der Waals surface area contributed by atoms with Gasteiger partial charge in [-0.3, -0.25) is 4.79 Å². The second-order valence-electron chi connectivity index (χ2n) is 5.18. The molecule has 1 fully saturated rings. The van der Waals surface area contributed by atoms with Crippen LogP contribution in [0.5, 0.6) is 0 Å². The van der Waals surface area contributed by atoms with Crippen molar-refractivity contribution >= 4 is 5.78 Å². The van der Waals surface area contributed by atoms with Gasteiger partial charge in [0.1, 0.15) is 11.9 Å². The van der Waals surface area contributed by atoms with Gasteiger partial charge in [-0.1, -0.05) is 31.3 Å². The van der Waals surface area contributed by atoms with E-state index in [0.717, 1.165) is 38.5 Å². The van der Waals surface area contributed by atoms with Crippen LogP contribution in [0.1, 0.15) is 63.3 Å². The topological polar surface area (TPSA) is 65.2 Å². The van der Waals surface area contributed by atoms with Crippen molar-refractivity contribution in [2.45, 2.75) is 58.0 Å². The Labute approximate surface area is 113 Å². The second-order valence-corrected chi connectivity index (χ2v) is 5.18. The van der Waals surface area contributed by atoms with Crippen molar-refractivity contribution < 1.29 is 14.1 Å². The SMILES string of the molecule is CCCC(OC)c1noc(CC(=O)C2CCCC2)n1. The van der Waals surface area contributed by atoms with E-state index >= 15 is 0 Å². The van der Waals surface area contributed by atoms with E-state index in [1.807, 2.05) is 0 Å². The molecule has 5 heteroatoms. The number of ether oxygens (including phenoxy) is 1. The third kappa shape index (κ3) is 3.62. The number of methoxy groups -OCH3 is 1. The van der Waals surface area contributed by atoms with Crippen molar-refractivity contribution in [3.8, 4) is 0 Å². The molecule has 0 aromatic carbocycles. The molecule has 2 rings (SSSR count). The summed E-state index contributed by atoms with van der Waals surface area (Å²) in [6.07, 6.45) is 6.31. The van der Waals surface area contributed by atoms with E-state index in [1.165, 1.54) is 0 Å². The van der Waals surface area contributed by atoms with Crippen molar-refractivity contribution in [3.63, 3.8) is 0 Å². The van der Waals surface area contributed by atoms with E-state index in [4.69, 9.17) is 9.26 Å². The summed E-state index contributed by atoms with van der Waals surface area (Å²) in [5, 5.41) is 3.92. The van der Waals surface area contributed by atoms with Gasteiger partial charge in [-0.2, -0.15) is 4.98 Å². The monoisotopic (exact) mass is 266 g/mol. The Morgan fingerprint density at radius 2 is 2.21 bits per heavy atom. The first-order valence-corrected chi connectivity index (χ1v) is 7.12. The van der Waals surface area contributed by atoms with E-state index in [1.54, 1.807) is 7.11 Å². The lowest BCUT2D eigenvalue weighted by molar-refractivity contribution is -0.122. The minimum Gasteiger partial charge on any atom is -0.373 e. The summed E-state index contributed by atoms with van der Waals surface area (Å²) >= 11 is 0. The molecule has 0 saturated heterocycles. The fourth-order valence-corrected chi connectivity index (χ4v) is 2.63. The molecule has 1 aromatic heterocycles. The van der Waals surface area contributed by atoms with Gasteiger partial charge in [-0.05, 0) is 19.3 Å². The number of Topliss-reactive ketones (excluding diaryl/α,β-unsaturated/α-hetero) is 1. The van der Waals surface area contributed by atoms with E-state index < -0.39 is 0 Å². The zero-order valence-electron chi connectivity index (χ0n) is 11.7. The predicted octanol–water partition coefficient (Wildman–Crippen LogP) is 2.86. The van der Waals surface area contributed by atoms with Gasteiger partial charge in [0.25, 0.3) is 0 Å². The zero-order chi connectivity index (χ0) is 13.7. The number of hydrogen-bond donors (Lipinski definition) is 0. The van der Waals surface area contributed by atoms with Gasteiger partial charge in [0, 0.05) is 13.0 Å². The summed E-state index contributed by atoms with van der Waals surface area (Å²) in [6.45, 7) is 2.08. The quantitative estimate of drug-likeness (QED) is 0.759. The van der Waals surface area contributed by atoms with Gasteiger partial charge < -0.3 is 9.26 Å². The van der Waals surface area contributed by atoms with Crippen LogP contribution < -0.4 is 0 Å². The van der Waals surface area contributed by atoms with Crippen LogP contribution in [-0.4, -0.2) is 23.0 Å². The van der Waals surface area contributed by atoms with E-state index in [2.05, 4.69) is 17.1 Å². The van der Waals surface area contributed by atoms with Crippen LogP contribution in [0.3, 0.4) is 0 Å². The molecule has 0 N–H and O–H groups in total. The summed E-state index contributed by atoms with van der Waals surface area (Å²) in [5.41, 5.74) is 0. The fourth-order valence-electron chi connectivity index (χ4n) is 2.63. The lowest BCUT2D eigenvalue weighted by Crippen LogP contribution is -2.13. The van der Waals surface area contributed by atoms with Crippen molar-refractivity contribution in [1.29, 1.82) is 0 Å². The Morgan fingerprint density at radius 3 is 2.84 bits per heavy atom. The standard InChI is InChI=1S/C14H22N2O3/c1-3-6-12(18-2)14-15-13(19-16-14)9-11(17)10-7-4-5-8-10/h10,12H,3-9H2,1-2H3. The van der Waals surface area contributed by atoms with Crippen molar-refractivity contribution in [3.05, 3.63) is 11.7 Å². The van der Waals surface area contributed by atoms with Crippen molar-refractivity contribution in [2.24, 2.45) is 5.92 Å². The molecule has 0 radical (unpaired) electrons. The summed E-state index contributed by atoms with van der Waals surface area (Å²) in [5.74, 6) is 1.41. The molecule has 1 aromatic rings. The average molecular weight is 266 g/mol. The Morgan fingerprint density at radius 1 is 1.47 bits per heavy atom.